The lowest BCUT2D eigenvalue weighted by Gasteiger charge is -2.22. The molecule has 0 rings (SSSR count). The molecular weight excluding hydrogens is 324 g/mol. The topological polar surface area (TPSA) is 93.7 Å². The van der Waals surface area contributed by atoms with E-state index in [2.05, 4.69) is 15.4 Å². The van der Waals surface area contributed by atoms with Gasteiger partial charge in [-0.2, -0.15) is 0 Å². The van der Waals surface area contributed by atoms with E-state index >= 15 is 0 Å². The Morgan fingerprint density at radius 2 is 1.40 bits per heavy atom. The number of hydrogen-bond donors (Lipinski definition) is 2. The van der Waals surface area contributed by atoms with E-state index in [-0.39, 0.29) is 5.91 Å². The van der Waals surface area contributed by atoms with Gasteiger partial charge in [-0.05, 0) is 19.3 Å². The number of rotatable bonds is 13. The van der Waals surface area contributed by atoms with Gasteiger partial charge >= 0.3 is 12.1 Å². The van der Waals surface area contributed by atoms with Crippen molar-refractivity contribution in [2.75, 3.05) is 13.7 Å². The predicted molar refractivity (Wildman–Crippen MR) is 96.2 cm³/mol. The summed E-state index contributed by atoms with van der Waals surface area (Å²) in [6, 6.07) is -1.41. The maximum absolute atomic E-state index is 12.5. The number of hydrogen-bond acceptors (Lipinski definition) is 5. The first-order valence-electron chi connectivity index (χ1n) is 9.31. The van der Waals surface area contributed by atoms with Gasteiger partial charge in [-0.1, -0.05) is 52.9 Å². The molecule has 0 aliphatic heterocycles. The van der Waals surface area contributed by atoms with Crippen LogP contribution in [0.2, 0.25) is 0 Å². The highest BCUT2D eigenvalue weighted by Gasteiger charge is 2.27. The van der Waals surface area contributed by atoms with Crippen LogP contribution in [0.5, 0.6) is 0 Å². The average Bonchev–Trinajstić information content (AvgIpc) is 2.61. The molecule has 0 bridgehead atoms. The number of carbonyl (C=O) groups is 3. The van der Waals surface area contributed by atoms with Gasteiger partial charge in [0.05, 0.1) is 13.7 Å². The Bertz CT molecular complexity index is 401. The van der Waals surface area contributed by atoms with Crippen LogP contribution >= 0.6 is 0 Å². The largest absolute Gasteiger partial charge is 0.464 e. The van der Waals surface area contributed by atoms with E-state index in [1.54, 1.807) is 0 Å². The van der Waals surface area contributed by atoms with Crippen LogP contribution in [0, 0.1) is 0 Å². The first kappa shape index (κ1) is 23.2. The maximum Gasteiger partial charge on any atom is 0.407 e. The standard InChI is InChI=1S/C18H34N2O5/c1-5-8-11-14(20-18(23)24-4)16(21)19-15(12-9-6-2)17(22)25-13-10-7-3/h14-15H,5-13H2,1-4H3,(H,19,21)(H,20,23). The summed E-state index contributed by atoms with van der Waals surface area (Å²) in [4.78, 5) is 36.2. The highest BCUT2D eigenvalue weighted by Crippen LogP contribution is 2.07. The van der Waals surface area contributed by atoms with Crippen LogP contribution in [0.3, 0.4) is 0 Å². The van der Waals surface area contributed by atoms with Crippen LogP contribution in [-0.2, 0) is 19.1 Å². The first-order valence-corrected chi connectivity index (χ1v) is 9.31. The Kier molecular flexibility index (Phi) is 13.5. The fourth-order valence-corrected chi connectivity index (χ4v) is 2.23. The van der Waals surface area contributed by atoms with E-state index in [1.807, 2.05) is 20.8 Å². The summed E-state index contributed by atoms with van der Waals surface area (Å²) >= 11 is 0. The number of ether oxygens (including phenoxy) is 2. The number of methoxy groups -OCH3 is 1. The Morgan fingerprint density at radius 1 is 0.840 bits per heavy atom. The molecule has 0 aromatic carbocycles. The molecule has 0 heterocycles. The molecule has 2 unspecified atom stereocenters. The second-order valence-electron chi connectivity index (χ2n) is 6.06. The summed E-state index contributed by atoms with van der Waals surface area (Å²) in [5, 5.41) is 5.26. The number of nitrogens with one attached hydrogen (secondary N) is 2. The van der Waals surface area contributed by atoms with Crippen molar-refractivity contribution < 1.29 is 23.9 Å². The molecule has 2 amide bonds. The Hall–Kier alpha value is -1.79. The van der Waals surface area contributed by atoms with Crippen LogP contribution in [0.1, 0.15) is 72.1 Å². The highest BCUT2D eigenvalue weighted by atomic mass is 16.5. The van der Waals surface area contributed by atoms with Crippen molar-refractivity contribution in [1.29, 1.82) is 0 Å². The van der Waals surface area contributed by atoms with Gasteiger partial charge < -0.3 is 20.1 Å². The Morgan fingerprint density at radius 3 is 1.92 bits per heavy atom. The molecule has 0 aromatic heterocycles. The zero-order valence-corrected chi connectivity index (χ0v) is 16.1. The lowest BCUT2D eigenvalue weighted by atomic mass is 10.1. The van der Waals surface area contributed by atoms with Gasteiger partial charge in [-0.15, -0.1) is 0 Å². The van der Waals surface area contributed by atoms with E-state index in [0.717, 1.165) is 38.5 Å². The van der Waals surface area contributed by atoms with E-state index in [1.165, 1.54) is 7.11 Å². The lowest BCUT2D eigenvalue weighted by Crippen LogP contribution is -2.52. The zero-order chi connectivity index (χ0) is 19.1. The van der Waals surface area contributed by atoms with Crippen molar-refractivity contribution in [2.45, 2.75) is 84.2 Å². The van der Waals surface area contributed by atoms with Gasteiger partial charge in [0.1, 0.15) is 12.1 Å². The Labute approximate surface area is 151 Å². The number of unbranched alkanes of at least 4 members (excludes halogenated alkanes) is 3. The number of esters is 1. The monoisotopic (exact) mass is 358 g/mol. The molecule has 7 heteroatoms. The molecule has 2 atom stereocenters. The highest BCUT2D eigenvalue weighted by molar-refractivity contribution is 5.89. The van der Waals surface area contributed by atoms with Crippen LogP contribution in [0.25, 0.3) is 0 Å². The molecule has 0 saturated heterocycles. The van der Waals surface area contributed by atoms with E-state index in [9.17, 15) is 14.4 Å². The smallest absolute Gasteiger partial charge is 0.407 e. The second-order valence-corrected chi connectivity index (χ2v) is 6.06. The lowest BCUT2D eigenvalue weighted by molar-refractivity contribution is -0.148. The Balaban J connectivity index is 4.84. The normalized spacial score (nSPS) is 12.8. The molecule has 0 fully saturated rings. The summed E-state index contributed by atoms with van der Waals surface area (Å²) in [7, 11) is 1.25. The molecule has 2 N–H and O–H groups in total. The van der Waals surface area contributed by atoms with Gasteiger partial charge in [-0.3, -0.25) is 4.79 Å². The summed E-state index contributed by atoms with van der Waals surface area (Å²) in [6.07, 6.45) is 5.46. The first-order chi connectivity index (χ1) is 12.0. The fraction of sp³-hybridized carbons (Fsp3) is 0.833. The van der Waals surface area contributed by atoms with Crippen LogP contribution in [-0.4, -0.2) is 43.8 Å². The summed E-state index contributed by atoms with van der Waals surface area (Å²) in [5.41, 5.74) is 0. The third-order valence-corrected chi connectivity index (χ3v) is 3.83. The molecule has 0 spiro atoms. The molecular formula is C18H34N2O5. The van der Waals surface area contributed by atoms with Crippen molar-refractivity contribution in [3.8, 4) is 0 Å². The molecule has 0 aromatic rings. The third-order valence-electron chi connectivity index (χ3n) is 3.83. The molecule has 7 nitrogen and oxygen atoms in total. The summed E-state index contributed by atoms with van der Waals surface area (Å²) in [5.74, 6) is -0.796. The van der Waals surface area contributed by atoms with Crippen molar-refractivity contribution in [2.24, 2.45) is 0 Å². The van der Waals surface area contributed by atoms with Crippen molar-refractivity contribution in [1.82, 2.24) is 10.6 Å². The van der Waals surface area contributed by atoms with E-state index < -0.39 is 24.1 Å². The fourth-order valence-electron chi connectivity index (χ4n) is 2.23. The SMILES string of the molecule is CCCCOC(=O)C(CCCC)NC(=O)C(CCCC)NC(=O)OC. The second kappa shape index (κ2) is 14.5. The van der Waals surface area contributed by atoms with Gasteiger partial charge in [0, 0.05) is 0 Å². The van der Waals surface area contributed by atoms with Crippen LogP contribution in [0.15, 0.2) is 0 Å². The molecule has 0 radical (unpaired) electrons. The quantitative estimate of drug-likeness (QED) is 0.390. The molecule has 0 saturated carbocycles. The number of carbonyl (C=O) groups excluding carboxylic acids is 3. The maximum atomic E-state index is 12.5. The molecule has 146 valence electrons. The van der Waals surface area contributed by atoms with Crippen molar-refractivity contribution in [3.63, 3.8) is 0 Å². The van der Waals surface area contributed by atoms with Crippen LogP contribution < -0.4 is 10.6 Å². The average molecular weight is 358 g/mol. The predicted octanol–water partition coefficient (Wildman–Crippen LogP) is 2.92. The molecule has 25 heavy (non-hydrogen) atoms. The van der Waals surface area contributed by atoms with Gasteiger partial charge in [0.15, 0.2) is 0 Å². The van der Waals surface area contributed by atoms with Crippen molar-refractivity contribution in [3.05, 3.63) is 0 Å². The van der Waals surface area contributed by atoms with E-state index in [0.29, 0.717) is 19.4 Å². The molecule has 0 aliphatic rings. The number of alkyl carbamates (subject to hydrolysis) is 1. The number of amides is 2. The minimum Gasteiger partial charge on any atom is -0.464 e. The van der Waals surface area contributed by atoms with Crippen molar-refractivity contribution >= 4 is 18.0 Å². The van der Waals surface area contributed by atoms with Crippen LogP contribution in [0.4, 0.5) is 4.79 Å². The van der Waals surface area contributed by atoms with E-state index in [4.69, 9.17) is 4.74 Å². The third kappa shape index (κ3) is 10.6. The summed E-state index contributed by atoms with van der Waals surface area (Å²) < 4.78 is 9.81. The molecule has 0 aliphatic carbocycles. The van der Waals surface area contributed by atoms with Gasteiger partial charge in [0.25, 0.3) is 0 Å². The van der Waals surface area contributed by atoms with Gasteiger partial charge in [-0.25, -0.2) is 9.59 Å². The zero-order valence-electron chi connectivity index (χ0n) is 16.1. The minimum absolute atomic E-state index is 0.355. The van der Waals surface area contributed by atoms with Gasteiger partial charge in [0.2, 0.25) is 5.91 Å². The summed E-state index contributed by atoms with van der Waals surface area (Å²) in [6.45, 7) is 6.39. The minimum atomic E-state index is -0.722.